The van der Waals surface area contributed by atoms with Crippen LogP contribution in [0.1, 0.15) is 57.9 Å². The lowest BCUT2D eigenvalue weighted by atomic mass is 10.00. The lowest BCUT2D eigenvalue weighted by molar-refractivity contribution is 0.160. The van der Waals surface area contributed by atoms with Gasteiger partial charge < -0.3 is 10.2 Å². The summed E-state index contributed by atoms with van der Waals surface area (Å²) in [4.78, 5) is 14.5. The number of anilines is 1. The monoisotopic (exact) mass is 274 g/mol. The molecular weight excluding hydrogens is 248 g/mol. The van der Waals surface area contributed by atoms with Gasteiger partial charge in [0.05, 0.1) is 0 Å². The molecule has 3 nitrogen and oxygen atoms in total. The molecule has 0 radical (unpaired) electrons. The van der Waals surface area contributed by atoms with Crippen molar-refractivity contribution in [3.8, 4) is 0 Å². The maximum Gasteiger partial charge on any atom is 0.322 e. The van der Waals surface area contributed by atoms with Gasteiger partial charge in [-0.05, 0) is 43.2 Å². The van der Waals surface area contributed by atoms with E-state index in [2.05, 4.69) is 32.2 Å². The van der Waals surface area contributed by atoms with Crippen LogP contribution in [0, 0.1) is 0 Å². The summed E-state index contributed by atoms with van der Waals surface area (Å²) in [5, 5.41) is 3.11. The third-order valence-corrected chi connectivity index (χ3v) is 4.18. The van der Waals surface area contributed by atoms with Gasteiger partial charge >= 0.3 is 6.03 Å². The van der Waals surface area contributed by atoms with Crippen molar-refractivity contribution in [1.29, 1.82) is 0 Å². The number of nitrogens with zero attached hydrogens (tertiary/aromatic N) is 1. The summed E-state index contributed by atoms with van der Waals surface area (Å²) in [6.45, 7) is 7.36. The van der Waals surface area contributed by atoms with Gasteiger partial charge in [-0.2, -0.15) is 0 Å². The van der Waals surface area contributed by atoms with Crippen LogP contribution in [0.15, 0.2) is 24.3 Å². The van der Waals surface area contributed by atoms with E-state index < -0.39 is 0 Å². The molecule has 1 aliphatic rings. The van der Waals surface area contributed by atoms with E-state index in [0.29, 0.717) is 12.0 Å². The Kier molecular flexibility index (Phi) is 5.05. The smallest absolute Gasteiger partial charge is 0.322 e. The fourth-order valence-electron chi connectivity index (χ4n) is 2.99. The van der Waals surface area contributed by atoms with Crippen LogP contribution >= 0.6 is 0 Å². The van der Waals surface area contributed by atoms with Crippen LogP contribution in [0.4, 0.5) is 10.5 Å². The van der Waals surface area contributed by atoms with E-state index in [4.69, 9.17) is 0 Å². The van der Waals surface area contributed by atoms with Crippen molar-refractivity contribution in [1.82, 2.24) is 4.90 Å². The molecule has 0 saturated carbocycles. The molecule has 1 fully saturated rings. The summed E-state index contributed by atoms with van der Waals surface area (Å²) in [6, 6.07) is 8.56. The van der Waals surface area contributed by atoms with Crippen LogP contribution in [0.5, 0.6) is 0 Å². The Morgan fingerprint density at radius 3 is 2.80 bits per heavy atom. The number of nitrogens with one attached hydrogen (secondary N) is 1. The van der Waals surface area contributed by atoms with Gasteiger partial charge in [0, 0.05) is 18.3 Å². The molecule has 3 heteroatoms. The molecule has 0 bridgehead atoms. The minimum atomic E-state index is 0.0599. The number of carbonyl (C=O) groups excluding carboxylic acids is 1. The fraction of sp³-hybridized carbons (Fsp3) is 0.588. The maximum atomic E-state index is 12.5. The zero-order chi connectivity index (χ0) is 14.5. The molecule has 1 aliphatic heterocycles. The number of rotatable bonds is 3. The van der Waals surface area contributed by atoms with Crippen LogP contribution in [0.25, 0.3) is 0 Å². The van der Waals surface area contributed by atoms with Crippen LogP contribution in [0.2, 0.25) is 0 Å². The molecule has 2 amide bonds. The average Bonchev–Trinajstić information content (AvgIpc) is 2.47. The third-order valence-electron chi connectivity index (χ3n) is 4.18. The van der Waals surface area contributed by atoms with E-state index >= 15 is 0 Å². The molecule has 110 valence electrons. The fourth-order valence-corrected chi connectivity index (χ4v) is 2.99. The average molecular weight is 274 g/mol. The van der Waals surface area contributed by atoms with Crippen molar-refractivity contribution in [2.75, 3.05) is 11.9 Å². The van der Waals surface area contributed by atoms with Gasteiger partial charge in [-0.25, -0.2) is 4.79 Å². The summed E-state index contributed by atoms with van der Waals surface area (Å²) >= 11 is 0. The van der Waals surface area contributed by atoms with Crippen molar-refractivity contribution < 1.29 is 4.79 Å². The first kappa shape index (κ1) is 14.9. The van der Waals surface area contributed by atoms with Crippen molar-refractivity contribution in [2.24, 2.45) is 0 Å². The second kappa shape index (κ2) is 6.78. The summed E-state index contributed by atoms with van der Waals surface area (Å²) in [5.74, 6) is 0.412. The summed E-state index contributed by atoms with van der Waals surface area (Å²) < 4.78 is 0. The topological polar surface area (TPSA) is 32.3 Å². The molecule has 1 heterocycles. The van der Waals surface area contributed by atoms with E-state index in [9.17, 15) is 4.79 Å². The van der Waals surface area contributed by atoms with Gasteiger partial charge in [0.2, 0.25) is 0 Å². The van der Waals surface area contributed by atoms with E-state index in [-0.39, 0.29) is 6.03 Å². The highest BCUT2D eigenvalue weighted by Crippen LogP contribution is 2.25. The molecule has 0 spiro atoms. The second-order valence-corrected chi connectivity index (χ2v) is 5.92. The van der Waals surface area contributed by atoms with Crippen molar-refractivity contribution in [3.05, 3.63) is 29.8 Å². The molecule has 1 aromatic rings. The molecule has 20 heavy (non-hydrogen) atoms. The number of urea groups is 1. The van der Waals surface area contributed by atoms with Crippen LogP contribution < -0.4 is 5.32 Å². The quantitative estimate of drug-likeness (QED) is 0.858. The highest BCUT2D eigenvalue weighted by atomic mass is 16.2. The molecular formula is C17H26N2O. The van der Waals surface area contributed by atoms with Gasteiger partial charge in [-0.3, -0.25) is 0 Å². The molecule has 1 N–H and O–H groups in total. The van der Waals surface area contributed by atoms with Crippen LogP contribution in [-0.4, -0.2) is 23.5 Å². The minimum Gasteiger partial charge on any atom is -0.322 e. The predicted molar refractivity (Wildman–Crippen MR) is 84.2 cm³/mol. The lowest BCUT2D eigenvalue weighted by Crippen LogP contribution is -2.45. The van der Waals surface area contributed by atoms with E-state index in [1.807, 2.05) is 23.1 Å². The van der Waals surface area contributed by atoms with E-state index in [1.54, 1.807) is 0 Å². The highest BCUT2D eigenvalue weighted by molar-refractivity contribution is 5.90. The molecule has 1 saturated heterocycles. The number of likely N-dealkylation sites (tertiary alicyclic amines) is 1. The minimum absolute atomic E-state index is 0.0599. The highest BCUT2D eigenvalue weighted by Gasteiger charge is 2.25. The molecule has 2 rings (SSSR count). The maximum absolute atomic E-state index is 12.5. The number of amides is 2. The first-order chi connectivity index (χ1) is 9.63. The Balaban J connectivity index is 2.11. The van der Waals surface area contributed by atoms with Gasteiger partial charge in [0.15, 0.2) is 0 Å². The number of carbonyl (C=O) groups is 1. The summed E-state index contributed by atoms with van der Waals surface area (Å²) in [5.41, 5.74) is 2.15. The predicted octanol–water partition coefficient (Wildman–Crippen LogP) is 4.61. The lowest BCUT2D eigenvalue weighted by Gasteiger charge is -2.35. The van der Waals surface area contributed by atoms with Crippen molar-refractivity contribution in [3.63, 3.8) is 0 Å². The number of para-hydroxylation sites is 1. The Morgan fingerprint density at radius 2 is 2.10 bits per heavy atom. The zero-order valence-electron chi connectivity index (χ0n) is 12.9. The van der Waals surface area contributed by atoms with Crippen LogP contribution in [-0.2, 0) is 0 Å². The normalized spacial score (nSPS) is 19.2. The Morgan fingerprint density at radius 1 is 1.35 bits per heavy atom. The number of piperidine rings is 1. The van der Waals surface area contributed by atoms with E-state index in [1.165, 1.54) is 12.0 Å². The number of benzene rings is 1. The Bertz CT molecular complexity index is 456. The first-order valence-corrected chi connectivity index (χ1v) is 7.80. The van der Waals surface area contributed by atoms with Gasteiger partial charge in [0.1, 0.15) is 0 Å². The Labute approximate surface area is 122 Å². The third kappa shape index (κ3) is 3.33. The van der Waals surface area contributed by atoms with Gasteiger partial charge in [-0.1, -0.05) is 39.0 Å². The van der Waals surface area contributed by atoms with Gasteiger partial charge in [0.25, 0.3) is 0 Å². The van der Waals surface area contributed by atoms with Crippen molar-refractivity contribution >= 4 is 11.7 Å². The first-order valence-electron chi connectivity index (χ1n) is 7.80. The van der Waals surface area contributed by atoms with Gasteiger partial charge in [-0.15, -0.1) is 0 Å². The van der Waals surface area contributed by atoms with Crippen LogP contribution in [0.3, 0.4) is 0 Å². The van der Waals surface area contributed by atoms with Crippen molar-refractivity contribution in [2.45, 2.75) is 58.4 Å². The molecule has 0 unspecified atom stereocenters. The second-order valence-electron chi connectivity index (χ2n) is 5.92. The van der Waals surface area contributed by atoms with E-state index in [0.717, 1.165) is 31.5 Å². The summed E-state index contributed by atoms with van der Waals surface area (Å²) in [7, 11) is 0. The molecule has 0 aromatic heterocycles. The number of hydrogen-bond acceptors (Lipinski definition) is 1. The summed E-state index contributed by atoms with van der Waals surface area (Å²) in [6.07, 6.45) is 4.54. The number of hydrogen-bond donors (Lipinski definition) is 1. The molecule has 1 atom stereocenters. The molecule has 1 aromatic carbocycles. The largest absolute Gasteiger partial charge is 0.322 e. The molecule has 0 aliphatic carbocycles. The Hall–Kier alpha value is -1.51. The zero-order valence-corrected chi connectivity index (χ0v) is 12.9. The SMILES string of the molecule is CC[C@@H]1CCCCN1C(=O)Nc1ccccc1C(C)C. The standard InChI is InChI=1S/C17H26N2O/c1-4-14-9-7-8-12-19(14)17(20)18-16-11-6-5-10-15(16)13(2)3/h5-6,10-11,13-14H,4,7-9,12H2,1-3H3,(H,18,20)/t14-/m1/s1.